The van der Waals surface area contributed by atoms with Crippen molar-refractivity contribution in [2.24, 2.45) is 0 Å². The minimum atomic E-state index is 0.433. The summed E-state index contributed by atoms with van der Waals surface area (Å²) in [6.45, 7) is 9.02. The van der Waals surface area contributed by atoms with Gasteiger partial charge in [0, 0.05) is 23.6 Å². The van der Waals surface area contributed by atoms with E-state index in [0.717, 1.165) is 5.88 Å². The van der Waals surface area contributed by atoms with Crippen LogP contribution in [0.3, 0.4) is 0 Å². The van der Waals surface area contributed by atoms with Crippen molar-refractivity contribution in [3.05, 3.63) is 70.8 Å². The number of rotatable bonds is 5. The van der Waals surface area contributed by atoms with E-state index >= 15 is 0 Å². The van der Waals surface area contributed by atoms with E-state index in [2.05, 4.69) is 81.5 Å². The van der Waals surface area contributed by atoms with Gasteiger partial charge >= 0.3 is 0 Å². The summed E-state index contributed by atoms with van der Waals surface area (Å²) in [5.41, 5.74) is 5.69. The Bertz CT molecular complexity index is 585. The Labute approximate surface area is 151 Å². The molecule has 2 aromatic rings. The van der Waals surface area contributed by atoms with E-state index in [0.29, 0.717) is 23.8 Å². The van der Waals surface area contributed by atoms with Gasteiger partial charge < -0.3 is 5.32 Å². The van der Waals surface area contributed by atoms with E-state index in [1.807, 2.05) is 11.8 Å². The van der Waals surface area contributed by atoms with Gasteiger partial charge in [-0.3, -0.25) is 0 Å². The lowest BCUT2D eigenvalue weighted by Crippen LogP contribution is -2.31. The summed E-state index contributed by atoms with van der Waals surface area (Å²) >= 11 is 2.00. The lowest BCUT2D eigenvalue weighted by Gasteiger charge is -2.25. The third kappa shape index (κ3) is 3.87. The monoisotopic (exact) mass is 339 g/mol. The number of benzene rings is 2. The van der Waals surface area contributed by atoms with Crippen molar-refractivity contribution in [3.8, 4) is 0 Å². The van der Waals surface area contributed by atoms with Crippen LogP contribution in [0.1, 0.15) is 67.7 Å². The van der Waals surface area contributed by atoms with Gasteiger partial charge in [0.1, 0.15) is 0 Å². The first-order valence-corrected chi connectivity index (χ1v) is 10.2. The minimum Gasteiger partial charge on any atom is -0.303 e. The zero-order valence-corrected chi connectivity index (χ0v) is 16.1. The fourth-order valence-electron chi connectivity index (χ4n) is 3.46. The van der Waals surface area contributed by atoms with Crippen LogP contribution in [0.15, 0.2) is 48.5 Å². The average molecular weight is 340 g/mol. The molecule has 3 rings (SSSR count). The highest BCUT2D eigenvalue weighted by molar-refractivity contribution is 7.99. The van der Waals surface area contributed by atoms with Crippen LogP contribution in [-0.2, 0) is 0 Å². The van der Waals surface area contributed by atoms with Gasteiger partial charge in [0.15, 0.2) is 0 Å². The Morgan fingerprint density at radius 3 is 1.50 bits per heavy atom. The molecule has 0 bridgehead atoms. The summed E-state index contributed by atoms with van der Waals surface area (Å²) in [5, 5.41) is 3.69. The first-order valence-electron chi connectivity index (χ1n) is 9.07. The summed E-state index contributed by atoms with van der Waals surface area (Å²) in [6, 6.07) is 19.1. The summed E-state index contributed by atoms with van der Waals surface area (Å²) in [4.78, 5) is 0. The van der Waals surface area contributed by atoms with Crippen molar-refractivity contribution in [3.63, 3.8) is 0 Å². The Morgan fingerprint density at radius 2 is 1.17 bits per heavy atom. The van der Waals surface area contributed by atoms with Gasteiger partial charge in [0.25, 0.3) is 0 Å². The molecule has 24 heavy (non-hydrogen) atoms. The highest BCUT2D eigenvalue weighted by Crippen LogP contribution is 2.33. The van der Waals surface area contributed by atoms with Crippen LogP contribution in [0.4, 0.5) is 0 Å². The Hall–Kier alpha value is -1.25. The molecule has 1 N–H and O–H groups in total. The van der Waals surface area contributed by atoms with Gasteiger partial charge in [-0.2, -0.15) is 0 Å². The van der Waals surface area contributed by atoms with Gasteiger partial charge in [0.2, 0.25) is 0 Å². The number of nitrogens with one attached hydrogen (secondary N) is 1. The Kier molecular flexibility index (Phi) is 5.68. The van der Waals surface area contributed by atoms with Crippen LogP contribution in [0, 0.1) is 0 Å². The molecule has 2 heteroatoms. The van der Waals surface area contributed by atoms with Gasteiger partial charge in [-0.15, -0.1) is 11.8 Å². The van der Waals surface area contributed by atoms with Gasteiger partial charge in [-0.25, -0.2) is 0 Å². The normalized spacial score (nSPS) is 18.0. The maximum Gasteiger partial charge on any atom is 0.0421 e. The van der Waals surface area contributed by atoms with Crippen molar-refractivity contribution in [2.45, 2.75) is 51.5 Å². The fourth-order valence-corrected chi connectivity index (χ4v) is 4.47. The van der Waals surface area contributed by atoms with E-state index in [4.69, 9.17) is 0 Å². The van der Waals surface area contributed by atoms with E-state index in [9.17, 15) is 0 Å². The zero-order valence-electron chi connectivity index (χ0n) is 15.3. The third-order valence-electron chi connectivity index (χ3n) is 5.07. The van der Waals surface area contributed by atoms with Crippen LogP contribution in [-0.4, -0.2) is 17.7 Å². The largest absolute Gasteiger partial charge is 0.303 e. The number of thioether (sulfide) groups is 1. The summed E-state index contributed by atoms with van der Waals surface area (Å²) in [7, 11) is 0. The molecule has 0 spiro atoms. The predicted octanol–water partition coefficient (Wildman–Crippen LogP) is 5.73. The molecule has 1 aliphatic heterocycles. The molecule has 128 valence electrons. The summed E-state index contributed by atoms with van der Waals surface area (Å²) in [5.74, 6) is 3.85. The molecule has 0 amide bonds. The first-order chi connectivity index (χ1) is 11.6. The molecule has 1 fully saturated rings. The van der Waals surface area contributed by atoms with Crippen molar-refractivity contribution in [1.82, 2.24) is 5.32 Å². The molecule has 1 aliphatic rings. The molecule has 1 nitrogen and oxygen atoms in total. The van der Waals surface area contributed by atoms with Crippen LogP contribution in [0.5, 0.6) is 0 Å². The van der Waals surface area contributed by atoms with Crippen LogP contribution < -0.4 is 5.32 Å². The molecular weight excluding hydrogens is 310 g/mol. The predicted molar refractivity (Wildman–Crippen MR) is 107 cm³/mol. The number of hydrogen-bond donors (Lipinski definition) is 1. The van der Waals surface area contributed by atoms with Crippen LogP contribution in [0.2, 0.25) is 0 Å². The van der Waals surface area contributed by atoms with Gasteiger partial charge in [-0.1, -0.05) is 76.2 Å². The Morgan fingerprint density at radius 1 is 0.750 bits per heavy atom. The maximum absolute atomic E-state index is 3.69. The fraction of sp³-hybridized carbons (Fsp3) is 0.455. The molecule has 0 radical (unpaired) electrons. The maximum atomic E-state index is 3.69. The average Bonchev–Trinajstić information content (AvgIpc) is 3.10. The quantitative estimate of drug-likeness (QED) is 0.747. The van der Waals surface area contributed by atoms with E-state index < -0.39 is 0 Å². The lowest BCUT2D eigenvalue weighted by molar-refractivity contribution is 0.565. The van der Waals surface area contributed by atoms with Crippen molar-refractivity contribution in [2.75, 3.05) is 11.6 Å². The molecule has 0 aromatic heterocycles. The SMILES string of the molecule is CC(C)c1ccc(C(c2ccc(C(C)C)cc2)[C@@H]2CSCN2)cc1. The lowest BCUT2D eigenvalue weighted by atomic mass is 9.84. The molecule has 0 saturated carbocycles. The molecule has 2 aromatic carbocycles. The highest BCUT2D eigenvalue weighted by atomic mass is 32.2. The Balaban J connectivity index is 1.93. The van der Waals surface area contributed by atoms with Gasteiger partial charge in [-0.05, 0) is 34.1 Å². The zero-order chi connectivity index (χ0) is 17.1. The topological polar surface area (TPSA) is 12.0 Å². The summed E-state index contributed by atoms with van der Waals surface area (Å²) < 4.78 is 0. The molecule has 1 atom stereocenters. The smallest absolute Gasteiger partial charge is 0.0421 e. The third-order valence-corrected chi connectivity index (χ3v) is 6.04. The highest BCUT2D eigenvalue weighted by Gasteiger charge is 2.27. The van der Waals surface area contributed by atoms with Crippen molar-refractivity contribution in [1.29, 1.82) is 0 Å². The standard InChI is InChI=1S/C22H29NS/c1-15(2)17-5-9-19(10-6-17)22(21-13-24-14-23-21)20-11-7-18(8-12-20)16(3)4/h5-12,15-16,21-23H,13-14H2,1-4H3/t21-/m0/s1. The van der Waals surface area contributed by atoms with Crippen molar-refractivity contribution >= 4 is 11.8 Å². The van der Waals surface area contributed by atoms with Crippen molar-refractivity contribution < 1.29 is 0 Å². The second-order valence-electron chi connectivity index (χ2n) is 7.45. The number of hydrogen-bond acceptors (Lipinski definition) is 2. The second kappa shape index (κ2) is 7.76. The molecule has 0 unspecified atom stereocenters. The van der Waals surface area contributed by atoms with E-state index in [1.165, 1.54) is 28.0 Å². The molecule has 0 aliphatic carbocycles. The molecule has 1 heterocycles. The van der Waals surface area contributed by atoms with Gasteiger partial charge in [0.05, 0.1) is 0 Å². The van der Waals surface area contributed by atoms with E-state index in [1.54, 1.807) is 0 Å². The minimum absolute atomic E-state index is 0.433. The molecular formula is C22H29NS. The first kappa shape index (κ1) is 17.6. The second-order valence-corrected chi connectivity index (χ2v) is 8.48. The molecule has 1 saturated heterocycles. The van der Waals surface area contributed by atoms with E-state index in [-0.39, 0.29) is 0 Å². The van der Waals surface area contributed by atoms with Crippen LogP contribution in [0.25, 0.3) is 0 Å². The summed E-state index contributed by atoms with van der Waals surface area (Å²) in [6.07, 6.45) is 0. The van der Waals surface area contributed by atoms with Crippen LogP contribution >= 0.6 is 11.8 Å².